The molecule has 2 fully saturated rings. The molecule has 1 N–H and O–H groups in total. The lowest BCUT2D eigenvalue weighted by Crippen LogP contribution is -2.51. The molecule has 1 aromatic carbocycles. The first kappa shape index (κ1) is 16.3. The van der Waals surface area contributed by atoms with Crippen LogP contribution in [0.5, 0.6) is 5.75 Å². The molecular formula is C18H25NO4. The second-order valence-electron chi connectivity index (χ2n) is 6.40. The molecule has 0 aromatic heterocycles. The number of rotatable bonds is 5. The van der Waals surface area contributed by atoms with Gasteiger partial charge in [0.2, 0.25) is 5.91 Å². The topological polar surface area (TPSA) is 59.0 Å². The van der Waals surface area contributed by atoms with Gasteiger partial charge in [-0.1, -0.05) is 18.2 Å². The lowest BCUT2D eigenvalue weighted by molar-refractivity contribution is -0.143. The molecule has 1 heterocycles. The molecule has 5 heteroatoms. The first-order chi connectivity index (χ1) is 11.2. The molecule has 1 aromatic rings. The van der Waals surface area contributed by atoms with Crippen molar-refractivity contribution in [3.63, 3.8) is 0 Å². The molecule has 3 rings (SSSR count). The van der Waals surface area contributed by atoms with E-state index >= 15 is 0 Å². The number of nitrogens with zero attached hydrogens (tertiary/aromatic N) is 1. The number of methoxy groups -OCH3 is 1. The Morgan fingerprint density at radius 3 is 3.00 bits per heavy atom. The Morgan fingerprint density at radius 1 is 1.39 bits per heavy atom. The van der Waals surface area contributed by atoms with Crippen LogP contribution in [0, 0.1) is 5.92 Å². The van der Waals surface area contributed by atoms with Crippen LogP contribution in [0.25, 0.3) is 0 Å². The van der Waals surface area contributed by atoms with Crippen molar-refractivity contribution in [1.29, 1.82) is 0 Å². The van der Waals surface area contributed by atoms with E-state index in [2.05, 4.69) is 0 Å². The smallest absolute Gasteiger partial charge is 0.223 e. The minimum Gasteiger partial charge on any atom is -0.496 e. The van der Waals surface area contributed by atoms with Gasteiger partial charge in [-0.25, -0.2) is 0 Å². The Kier molecular flexibility index (Phi) is 5.18. The van der Waals surface area contributed by atoms with Gasteiger partial charge in [0.25, 0.3) is 0 Å². The third kappa shape index (κ3) is 3.51. The third-order valence-corrected chi connectivity index (χ3v) is 5.01. The van der Waals surface area contributed by atoms with Crippen LogP contribution in [0.15, 0.2) is 24.3 Å². The summed E-state index contributed by atoms with van der Waals surface area (Å²) in [4.78, 5) is 14.6. The Bertz CT molecular complexity index is 548. The van der Waals surface area contributed by atoms with Gasteiger partial charge < -0.3 is 19.5 Å². The van der Waals surface area contributed by atoms with Crippen molar-refractivity contribution in [2.45, 2.75) is 37.8 Å². The van der Waals surface area contributed by atoms with Gasteiger partial charge >= 0.3 is 0 Å². The number of amides is 1. The van der Waals surface area contributed by atoms with Crippen LogP contribution in [-0.4, -0.2) is 54.9 Å². The highest BCUT2D eigenvalue weighted by Crippen LogP contribution is 2.34. The molecule has 0 bridgehead atoms. The van der Waals surface area contributed by atoms with E-state index in [1.165, 1.54) is 0 Å². The fourth-order valence-electron chi connectivity index (χ4n) is 3.80. The van der Waals surface area contributed by atoms with E-state index in [1.54, 1.807) is 7.11 Å². The van der Waals surface area contributed by atoms with E-state index in [0.29, 0.717) is 26.0 Å². The molecule has 2 aliphatic rings. The van der Waals surface area contributed by atoms with Gasteiger partial charge in [-0.05, 0) is 36.8 Å². The van der Waals surface area contributed by atoms with Crippen molar-refractivity contribution >= 4 is 5.91 Å². The number of morpholine rings is 1. The lowest BCUT2D eigenvalue weighted by Gasteiger charge is -2.37. The summed E-state index contributed by atoms with van der Waals surface area (Å²) in [5.41, 5.74) is 1.06. The van der Waals surface area contributed by atoms with E-state index in [1.807, 2.05) is 29.2 Å². The van der Waals surface area contributed by atoms with Crippen molar-refractivity contribution in [3.8, 4) is 5.75 Å². The van der Waals surface area contributed by atoms with Crippen LogP contribution >= 0.6 is 0 Å². The fraction of sp³-hybridized carbons (Fsp3) is 0.611. The Balaban J connectivity index is 1.61. The molecule has 0 spiro atoms. The second kappa shape index (κ2) is 7.32. The molecule has 3 atom stereocenters. The standard InChI is InChI=1S/C18H25NO4/c1-22-16-5-3-2-4-14(16)6-7-18(21)19-8-9-23-17-11-13(12-20)10-15(17)19/h2-5,13,15,17,20H,6-12H2,1H3/t13-,15+,17+/m1/s1. The summed E-state index contributed by atoms with van der Waals surface area (Å²) in [5.74, 6) is 1.27. The number of hydrogen-bond acceptors (Lipinski definition) is 4. The minimum absolute atomic E-state index is 0.0936. The van der Waals surface area contributed by atoms with Crippen LogP contribution in [-0.2, 0) is 16.0 Å². The summed E-state index contributed by atoms with van der Waals surface area (Å²) >= 11 is 0. The maximum atomic E-state index is 12.7. The zero-order chi connectivity index (χ0) is 16.2. The average molecular weight is 319 g/mol. The van der Waals surface area contributed by atoms with Crippen LogP contribution in [0.2, 0.25) is 0 Å². The van der Waals surface area contributed by atoms with Gasteiger partial charge in [-0.2, -0.15) is 0 Å². The highest BCUT2D eigenvalue weighted by Gasteiger charge is 2.42. The van der Waals surface area contributed by atoms with Gasteiger partial charge in [0.1, 0.15) is 5.75 Å². The Labute approximate surface area is 137 Å². The highest BCUT2D eigenvalue weighted by molar-refractivity contribution is 5.77. The molecule has 1 saturated carbocycles. The average Bonchev–Trinajstić information content (AvgIpc) is 3.03. The van der Waals surface area contributed by atoms with Gasteiger partial charge in [-0.15, -0.1) is 0 Å². The van der Waals surface area contributed by atoms with Crippen LogP contribution in [0.3, 0.4) is 0 Å². The quantitative estimate of drug-likeness (QED) is 0.896. The number of carbonyl (C=O) groups is 1. The molecule has 0 radical (unpaired) electrons. The Morgan fingerprint density at radius 2 is 2.22 bits per heavy atom. The van der Waals surface area contributed by atoms with Crippen molar-refractivity contribution in [3.05, 3.63) is 29.8 Å². The highest BCUT2D eigenvalue weighted by atomic mass is 16.5. The fourth-order valence-corrected chi connectivity index (χ4v) is 3.80. The molecule has 1 aliphatic carbocycles. The predicted octanol–water partition coefficient (Wildman–Crippen LogP) is 1.63. The lowest BCUT2D eigenvalue weighted by atomic mass is 10.1. The molecule has 5 nitrogen and oxygen atoms in total. The molecule has 0 unspecified atom stereocenters. The third-order valence-electron chi connectivity index (χ3n) is 5.01. The molecule has 23 heavy (non-hydrogen) atoms. The number of aliphatic hydroxyl groups excluding tert-OH is 1. The number of aryl methyl sites for hydroxylation is 1. The van der Waals surface area contributed by atoms with Gasteiger partial charge in [0.05, 0.1) is 25.9 Å². The van der Waals surface area contributed by atoms with Crippen molar-refractivity contribution in [2.24, 2.45) is 5.92 Å². The first-order valence-electron chi connectivity index (χ1n) is 8.36. The number of fused-ring (bicyclic) bond motifs is 1. The minimum atomic E-state index is 0.0936. The number of benzene rings is 1. The SMILES string of the molecule is COc1ccccc1CCC(=O)N1CCO[C@H]2C[C@H](CO)C[C@@H]21. The normalized spacial score (nSPS) is 26.9. The van der Waals surface area contributed by atoms with E-state index in [9.17, 15) is 9.90 Å². The zero-order valence-electron chi connectivity index (χ0n) is 13.6. The summed E-state index contributed by atoms with van der Waals surface area (Å²) in [6.07, 6.45) is 2.96. The monoisotopic (exact) mass is 319 g/mol. The molecular weight excluding hydrogens is 294 g/mol. The van der Waals surface area contributed by atoms with E-state index in [-0.39, 0.29) is 30.6 Å². The van der Waals surface area contributed by atoms with Gasteiger partial charge in [-0.3, -0.25) is 4.79 Å². The molecule has 1 saturated heterocycles. The van der Waals surface area contributed by atoms with Gasteiger partial charge in [0.15, 0.2) is 0 Å². The molecule has 1 amide bonds. The van der Waals surface area contributed by atoms with E-state index in [0.717, 1.165) is 24.2 Å². The van der Waals surface area contributed by atoms with Crippen molar-refractivity contribution in [2.75, 3.05) is 26.9 Å². The number of ether oxygens (including phenoxy) is 2. The molecule has 126 valence electrons. The molecule has 1 aliphatic heterocycles. The summed E-state index contributed by atoms with van der Waals surface area (Å²) in [7, 11) is 1.65. The first-order valence-corrected chi connectivity index (χ1v) is 8.36. The van der Waals surface area contributed by atoms with E-state index < -0.39 is 0 Å². The van der Waals surface area contributed by atoms with Crippen LogP contribution < -0.4 is 4.74 Å². The second-order valence-corrected chi connectivity index (χ2v) is 6.40. The summed E-state index contributed by atoms with van der Waals surface area (Å²) in [5, 5.41) is 9.37. The van der Waals surface area contributed by atoms with Crippen LogP contribution in [0.4, 0.5) is 0 Å². The van der Waals surface area contributed by atoms with Crippen molar-refractivity contribution in [1.82, 2.24) is 4.90 Å². The predicted molar refractivity (Wildman–Crippen MR) is 86.4 cm³/mol. The summed E-state index contributed by atoms with van der Waals surface area (Å²) in [6, 6.07) is 7.96. The summed E-state index contributed by atoms with van der Waals surface area (Å²) in [6.45, 7) is 1.43. The Hall–Kier alpha value is -1.59. The summed E-state index contributed by atoms with van der Waals surface area (Å²) < 4.78 is 11.1. The number of para-hydroxylation sites is 1. The zero-order valence-corrected chi connectivity index (χ0v) is 13.6. The van der Waals surface area contributed by atoms with Crippen molar-refractivity contribution < 1.29 is 19.4 Å². The maximum absolute atomic E-state index is 12.7. The largest absolute Gasteiger partial charge is 0.496 e. The van der Waals surface area contributed by atoms with Crippen LogP contribution in [0.1, 0.15) is 24.8 Å². The van der Waals surface area contributed by atoms with E-state index in [4.69, 9.17) is 9.47 Å². The maximum Gasteiger partial charge on any atom is 0.223 e. The number of aliphatic hydroxyl groups is 1. The number of hydrogen-bond donors (Lipinski definition) is 1. The van der Waals surface area contributed by atoms with Gasteiger partial charge in [0, 0.05) is 19.6 Å². The number of carbonyl (C=O) groups excluding carboxylic acids is 1.